The van der Waals surface area contributed by atoms with Crippen molar-refractivity contribution in [3.05, 3.63) is 46.0 Å². The zero-order valence-corrected chi connectivity index (χ0v) is 21.9. The number of anilines is 3. The number of methoxy groups -OCH3 is 1. The van der Waals surface area contributed by atoms with Crippen molar-refractivity contribution in [2.24, 2.45) is 0 Å². The van der Waals surface area contributed by atoms with Crippen molar-refractivity contribution >= 4 is 34.3 Å². The maximum Gasteiger partial charge on any atom is 0.263 e. The van der Waals surface area contributed by atoms with Gasteiger partial charge in [0.15, 0.2) is 5.78 Å². The molecule has 0 unspecified atom stereocenters. The van der Waals surface area contributed by atoms with Gasteiger partial charge in [0.1, 0.15) is 11.5 Å². The van der Waals surface area contributed by atoms with Crippen LogP contribution in [-0.2, 0) is 4.74 Å². The molecule has 1 saturated carbocycles. The van der Waals surface area contributed by atoms with Crippen LogP contribution in [0.2, 0.25) is 0 Å². The van der Waals surface area contributed by atoms with Gasteiger partial charge < -0.3 is 15.0 Å². The summed E-state index contributed by atoms with van der Waals surface area (Å²) in [5.41, 5.74) is 2.27. The van der Waals surface area contributed by atoms with Crippen LogP contribution in [0.1, 0.15) is 54.6 Å². The van der Waals surface area contributed by atoms with Gasteiger partial charge in [-0.05, 0) is 44.4 Å². The van der Waals surface area contributed by atoms with Crippen molar-refractivity contribution in [1.82, 2.24) is 24.4 Å². The number of nitrogens with one attached hydrogen (secondary N) is 1. The molecule has 0 atom stereocenters. The fourth-order valence-corrected chi connectivity index (χ4v) is 5.52. The number of aryl methyl sites for hydroxylation is 1. The van der Waals surface area contributed by atoms with E-state index < -0.39 is 0 Å². The molecule has 1 saturated heterocycles. The number of hydrogen-bond donors (Lipinski definition) is 1. The van der Waals surface area contributed by atoms with E-state index in [4.69, 9.17) is 9.72 Å². The molecular weight excluding hydrogens is 470 g/mol. The molecular formula is C27H35N7O3. The molecule has 0 amide bonds. The largest absolute Gasteiger partial charge is 0.383 e. The zero-order valence-electron chi connectivity index (χ0n) is 21.9. The third kappa shape index (κ3) is 5.21. The highest BCUT2D eigenvalue weighted by atomic mass is 16.5. The molecule has 0 radical (unpaired) electrons. The van der Waals surface area contributed by atoms with E-state index in [0.717, 1.165) is 76.1 Å². The van der Waals surface area contributed by atoms with E-state index in [1.54, 1.807) is 24.8 Å². The molecule has 4 heterocycles. The second-order valence-electron chi connectivity index (χ2n) is 9.95. The van der Waals surface area contributed by atoms with Crippen molar-refractivity contribution < 1.29 is 9.53 Å². The molecule has 3 aromatic rings. The van der Waals surface area contributed by atoms with Crippen molar-refractivity contribution in [3.63, 3.8) is 0 Å². The Bertz CT molecular complexity index is 1320. The lowest BCUT2D eigenvalue weighted by Crippen LogP contribution is -2.47. The maximum absolute atomic E-state index is 13.4. The van der Waals surface area contributed by atoms with E-state index >= 15 is 0 Å². The number of fused-ring (bicyclic) bond motifs is 1. The van der Waals surface area contributed by atoms with Crippen LogP contribution in [0, 0.1) is 6.92 Å². The van der Waals surface area contributed by atoms with Crippen LogP contribution in [0.4, 0.5) is 17.5 Å². The van der Waals surface area contributed by atoms with Crippen LogP contribution >= 0.6 is 0 Å². The standard InChI is InChI=1S/C27H35N7O3/c1-18-22-17-29-27(31-25(22)34(20-6-4-5-7-20)26(36)24(18)19(2)35)30-23-9-8-21(16-28-23)33-12-10-32(11-13-33)14-15-37-3/h8-9,16-17,20H,4-7,10-15H2,1-3H3,(H,28,29,30,31). The van der Waals surface area contributed by atoms with E-state index in [1.807, 2.05) is 12.3 Å². The van der Waals surface area contributed by atoms with E-state index in [1.165, 1.54) is 6.92 Å². The maximum atomic E-state index is 13.4. The number of piperazine rings is 1. The van der Waals surface area contributed by atoms with Gasteiger partial charge in [-0.3, -0.25) is 19.1 Å². The van der Waals surface area contributed by atoms with Crippen molar-refractivity contribution in [2.75, 3.05) is 56.7 Å². The molecule has 10 nitrogen and oxygen atoms in total. The van der Waals surface area contributed by atoms with E-state index in [9.17, 15) is 9.59 Å². The lowest BCUT2D eigenvalue weighted by Gasteiger charge is -2.35. The highest BCUT2D eigenvalue weighted by molar-refractivity contribution is 5.99. The lowest BCUT2D eigenvalue weighted by atomic mass is 10.0. The third-order valence-corrected chi connectivity index (χ3v) is 7.59. The highest BCUT2D eigenvalue weighted by Gasteiger charge is 2.26. The monoisotopic (exact) mass is 505 g/mol. The molecule has 37 heavy (non-hydrogen) atoms. The smallest absolute Gasteiger partial charge is 0.263 e. The molecule has 1 N–H and O–H groups in total. The number of aromatic nitrogens is 4. The van der Waals surface area contributed by atoms with Crippen LogP contribution in [0.3, 0.4) is 0 Å². The van der Waals surface area contributed by atoms with Gasteiger partial charge in [0.25, 0.3) is 5.56 Å². The first-order chi connectivity index (χ1) is 18.0. The average Bonchev–Trinajstić information content (AvgIpc) is 3.42. The van der Waals surface area contributed by atoms with Gasteiger partial charge in [-0.1, -0.05) is 12.8 Å². The summed E-state index contributed by atoms with van der Waals surface area (Å²) >= 11 is 0. The first kappa shape index (κ1) is 25.3. The molecule has 196 valence electrons. The van der Waals surface area contributed by atoms with Crippen molar-refractivity contribution in [3.8, 4) is 0 Å². The normalized spacial score (nSPS) is 17.0. The summed E-state index contributed by atoms with van der Waals surface area (Å²) < 4.78 is 6.91. The van der Waals surface area contributed by atoms with Gasteiger partial charge in [-0.15, -0.1) is 0 Å². The van der Waals surface area contributed by atoms with Crippen molar-refractivity contribution in [1.29, 1.82) is 0 Å². The average molecular weight is 506 g/mol. The molecule has 2 fully saturated rings. The minimum absolute atomic E-state index is 0.0452. The Kier molecular flexibility index (Phi) is 7.48. The predicted molar refractivity (Wildman–Crippen MR) is 144 cm³/mol. The Morgan fingerprint density at radius 3 is 2.51 bits per heavy atom. The summed E-state index contributed by atoms with van der Waals surface area (Å²) in [5, 5.41) is 3.93. The lowest BCUT2D eigenvalue weighted by molar-refractivity contribution is 0.101. The Hall–Kier alpha value is -3.37. The number of carbonyl (C=O) groups excluding carboxylic acids is 1. The van der Waals surface area contributed by atoms with E-state index in [0.29, 0.717) is 23.0 Å². The second kappa shape index (κ2) is 10.9. The molecule has 1 aliphatic carbocycles. The first-order valence-electron chi connectivity index (χ1n) is 13.1. The highest BCUT2D eigenvalue weighted by Crippen LogP contribution is 2.32. The second-order valence-corrected chi connectivity index (χ2v) is 9.95. The van der Waals surface area contributed by atoms with Gasteiger partial charge in [-0.2, -0.15) is 4.98 Å². The summed E-state index contributed by atoms with van der Waals surface area (Å²) in [6.07, 6.45) is 7.52. The van der Waals surface area contributed by atoms with Gasteiger partial charge in [-0.25, -0.2) is 9.97 Å². The predicted octanol–water partition coefficient (Wildman–Crippen LogP) is 3.32. The Balaban J connectivity index is 1.38. The van der Waals surface area contributed by atoms with Gasteiger partial charge in [0.2, 0.25) is 5.95 Å². The summed E-state index contributed by atoms with van der Waals surface area (Å²) in [7, 11) is 1.74. The molecule has 0 bridgehead atoms. The molecule has 2 aliphatic rings. The number of rotatable bonds is 8. The van der Waals surface area contributed by atoms with Crippen LogP contribution in [0.5, 0.6) is 0 Å². The van der Waals surface area contributed by atoms with Crippen LogP contribution in [-0.4, -0.2) is 76.6 Å². The number of ketones is 1. The number of hydrogen-bond acceptors (Lipinski definition) is 9. The molecule has 0 spiro atoms. The molecule has 10 heteroatoms. The third-order valence-electron chi connectivity index (χ3n) is 7.59. The first-order valence-corrected chi connectivity index (χ1v) is 13.1. The zero-order chi connectivity index (χ0) is 25.9. The summed E-state index contributed by atoms with van der Waals surface area (Å²) in [6, 6.07) is 4.02. The van der Waals surface area contributed by atoms with Crippen LogP contribution < -0.4 is 15.8 Å². The Morgan fingerprint density at radius 2 is 1.86 bits per heavy atom. The molecule has 5 rings (SSSR count). The van der Waals surface area contributed by atoms with Crippen molar-refractivity contribution in [2.45, 2.75) is 45.6 Å². The summed E-state index contributed by atoms with van der Waals surface area (Å²) in [4.78, 5) is 44.3. The number of ether oxygens (including phenoxy) is 1. The summed E-state index contributed by atoms with van der Waals surface area (Å²) in [5.74, 6) is 0.785. The minimum Gasteiger partial charge on any atom is -0.383 e. The number of pyridine rings is 2. The summed E-state index contributed by atoms with van der Waals surface area (Å²) in [6.45, 7) is 8.87. The Labute approximate surface area is 216 Å². The molecule has 0 aromatic carbocycles. The number of Topliss-reactive ketones (excluding diaryl/α,β-unsaturated/α-hetero) is 1. The quantitative estimate of drug-likeness (QED) is 0.462. The van der Waals surface area contributed by atoms with E-state index in [-0.39, 0.29) is 22.9 Å². The van der Waals surface area contributed by atoms with Crippen LogP contribution in [0.15, 0.2) is 29.3 Å². The SMILES string of the molecule is COCCN1CCN(c2ccc(Nc3ncc4c(C)c(C(C)=O)c(=O)n(C5CCCC5)c4n3)nc2)CC1. The van der Waals surface area contributed by atoms with Gasteiger partial charge in [0, 0.05) is 57.5 Å². The fourth-order valence-electron chi connectivity index (χ4n) is 5.52. The van der Waals surface area contributed by atoms with Gasteiger partial charge in [0.05, 0.1) is 24.1 Å². The van der Waals surface area contributed by atoms with Crippen LogP contribution in [0.25, 0.3) is 11.0 Å². The Morgan fingerprint density at radius 1 is 1.11 bits per heavy atom. The molecule has 3 aromatic heterocycles. The number of carbonyl (C=O) groups is 1. The van der Waals surface area contributed by atoms with Gasteiger partial charge >= 0.3 is 0 Å². The number of nitrogens with zero attached hydrogens (tertiary/aromatic N) is 6. The van der Waals surface area contributed by atoms with E-state index in [2.05, 4.69) is 31.2 Å². The minimum atomic E-state index is -0.251. The molecule has 1 aliphatic heterocycles. The topological polar surface area (TPSA) is 105 Å². The fraction of sp³-hybridized carbons (Fsp3) is 0.519.